The van der Waals surface area contributed by atoms with Gasteiger partial charge in [0.25, 0.3) is 0 Å². The summed E-state index contributed by atoms with van der Waals surface area (Å²) in [7, 11) is 0. The van der Waals surface area contributed by atoms with E-state index in [4.69, 9.17) is 5.73 Å². The van der Waals surface area contributed by atoms with Crippen molar-refractivity contribution in [2.75, 3.05) is 6.54 Å². The molecule has 0 spiro atoms. The van der Waals surface area contributed by atoms with Crippen LogP contribution in [0.4, 0.5) is 0 Å². The lowest BCUT2D eigenvalue weighted by molar-refractivity contribution is 0.975. The molecule has 0 atom stereocenters. The minimum absolute atomic E-state index is 0.695. The molecule has 0 aliphatic rings. The van der Waals surface area contributed by atoms with Crippen LogP contribution >= 0.6 is 0 Å². The maximum atomic E-state index is 5.59. The van der Waals surface area contributed by atoms with Crippen LogP contribution in [0.25, 0.3) is 10.8 Å². The third-order valence-corrected chi connectivity index (χ3v) is 2.40. The van der Waals surface area contributed by atoms with Gasteiger partial charge in [0.2, 0.25) is 0 Å². The molecule has 1 aromatic carbocycles. The van der Waals surface area contributed by atoms with Gasteiger partial charge in [-0.05, 0) is 43.0 Å². The fourth-order valence-electron chi connectivity index (χ4n) is 1.82. The Morgan fingerprint density at radius 2 is 2.21 bits per heavy atom. The molecule has 72 valence electrons. The van der Waals surface area contributed by atoms with Crippen molar-refractivity contribution in [2.24, 2.45) is 5.73 Å². The summed E-state index contributed by atoms with van der Waals surface area (Å²) in [4.78, 5) is 4.12. The van der Waals surface area contributed by atoms with Gasteiger partial charge < -0.3 is 5.73 Å². The molecule has 0 bridgehead atoms. The van der Waals surface area contributed by atoms with E-state index in [2.05, 4.69) is 30.1 Å². The van der Waals surface area contributed by atoms with Gasteiger partial charge in [-0.2, -0.15) is 0 Å². The zero-order valence-electron chi connectivity index (χ0n) is 8.33. The van der Waals surface area contributed by atoms with E-state index in [1.54, 1.807) is 0 Å². The standard InChI is InChI=1S/C12H14N2/c1-9-6-10(2-4-13)12-3-5-14-8-11(12)7-9/h3,5-8H,2,4,13H2,1H3. The van der Waals surface area contributed by atoms with Gasteiger partial charge in [-0.1, -0.05) is 11.6 Å². The molecule has 0 amide bonds. The van der Waals surface area contributed by atoms with E-state index >= 15 is 0 Å². The molecule has 2 nitrogen and oxygen atoms in total. The van der Waals surface area contributed by atoms with Gasteiger partial charge in [0.1, 0.15) is 0 Å². The fraction of sp³-hybridized carbons (Fsp3) is 0.250. The van der Waals surface area contributed by atoms with E-state index in [0.717, 1.165) is 6.42 Å². The molecule has 0 radical (unpaired) electrons. The second-order valence-corrected chi connectivity index (χ2v) is 3.56. The molecule has 0 saturated heterocycles. The van der Waals surface area contributed by atoms with Crippen LogP contribution in [0, 0.1) is 6.92 Å². The van der Waals surface area contributed by atoms with Crippen LogP contribution in [0.5, 0.6) is 0 Å². The first kappa shape index (κ1) is 9.16. The monoisotopic (exact) mass is 186 g/mol. The number of aryl methyl sites for hydroxylation is 1. The minimum Gasteiger partial charge on any atom is -0.330 e. The topological polar surface area (TPSA) is 38.9 Å². The SMILES string of the molecule is Cc1cc(CCN)c2ccncc2c1. The molecule has 2 aromatic rings. The average Bonchev–Trinajstić information content (AvgIpc) is 2.18. The van der Waals surface area contributed by atoms with Crippen molar-refractivity contribution in [1.29, 1.82) is 0 Å². The zero-order chi connectivity index (χ0) is 9.97. The molecule has 0 aliphatic heterocycles. The normalized spacial score (nSPS) is 10.7. The molecule has 0 saturated carbocycles. The van der Waals surface area contributed by atoms with Gasteiger partial charge in [0.15, 0.2) is 0 Å². The molecule has 2 heteroatoms. The first-order valence-corrected chi connectivity index (χ1v) is 4.84. The summed E-state index contributed by atoms with van der Waals surface area (Å²) in [5.41, 5.74) is 8.18. The van der Waals surface area contributed by atoms with Crippen LogP contribution in [0.15, 0.2) is 30.6 Å². The summed E-state index contributed by atoms with van der Waals surface area (Å²) in [6, 6.07) is 6.41. The first-order chi connectivity index (χ1) is 6.81. The first-order valence-electron chi connectivity index (χ1n) is 4.84. The number of hydrogen-bond acceptors (Lipinski definition) is 2. The van der Waals surface area contributed by atoms with Crippen molar-refractivity contribution in [1.82, 2.24) is 4.98 Å². The number of hydrogen-bond donors (Lipinski definition) is 1. The molecule has 1 heterocycles. The Morgan fingerprint density at radius 3 is 3.00 bits per heavy atom. The second kappa shape index (κ2) is 3.76. The summed E-state index contributed by atoms with van der Waals surface area (Å²) >= 11 is 0. The maximum absolute atomic E-state index is 5.59. The van der Waals surface area contributed by atoms with E-state index in [1.165, 1.54) is 21.9 Å². The number of rotatable bonds is 2. The smallest absolute Gasteiger partial charge is 0.0346 e. The Labute approximate surface area is 83.8 Å². The van der Waals surface area contributed by atoms with Crippen molar-refractivity contribution in [3.05, 3.63) is 41.7 Å². The van der Waals surface area contributed by atoms with Crippen LogP contribution in [0.2, 0.25) is 0 Å². The second-order valence-electron chi connectivity index (χ2n) is 3.56. The highest BCUT2D eigenvalue weighted by Gasteiger charge is 2.01. The third-order valence-electron chi connectivity index (χ3n) is 2.40. The van der Waals surface area contributed by atoms with Crippen molar-refractivity contribution in [2.45, 2.75) is 13.3 Å². The van der Waals surface area contributed by atoms with Crippen LogP contribution in [-0.4, -0.2) is 11.5 Å². The van der Waals surface area contributed by atoms with Gasteiger partial charge in [0, 0.05) is 17.8 Å². The Balaban J connectivity index is 2.67. The van der Waals surface area contributed by atoms with Crippen molar-refractivity contribution in [3.63, 3.8) is 0 Å². The molecule has 0 fully saturated rings. The van der Waals surface area contributed by atoms with E-state index in [1.807, 2.05) is 12.4 Å². The Kier molecular flexibility index (Phi) is 2.46. The Hall–Kier alpha value is -1.41. The number of fused-ring (bicyclic) bond motifs is 1. The summed E-state index contributed by atoms with van der Waals surface area (Å²) in [5.74, 6) is 0. The number of pyridine rings is 1. The number of benzene rings is 1. The molecule has 2 N–H and O–H groups in total. The maximum Gasteiger partial charge on any atom is 0.0346 e. The molecule has 1 aromatic heterocycles. The summed E-state index contributed by atoms with van der Waals surface area (Å²) in [6.45, 7) is 2.80. The number of nitrogens with zero attached hydrogens (tertiary/aromatic N) is 1. The van der Waals surface area contributed by atoms with Gasteiger partial charge in [0.05, 0.1) is 0 Å². The highest BCUT2D eigenvalue weighted by atomic mass is 14.6. The van der Waals surface area contributed by atoms with Crippen molar-refractivity contribution < 1.29 is 0 Å². The highest BCUT2D eigenvalue weighted by molar-refractivity contribution is 5.85. The molecule has 14 heavy (non-hydrogen) atoms. The minimum atomic E-state index is 0.695. The van der Waals surface area contributed by atoms with Crippen molar-refractivity contribution >= 4 is 10.8 Å². The van der Waals surface area contributed by atoms with E-state index < -0.39 is 0 Å². The number of nitrogens with two attached hydrogens (primary N) is 1. The quantitative estimate of drug-likeness (QED) is 0.779. The predicted molar refractivity (Wildman–Crippen MR) is 59.2 cm³/mol. The highest BCUT2D eigenvalue weighted by Crippen LogP contribution is 2.20. The summed E-state index contributed by atoms with van der Waals surface area (Å²) in [6.07, 6.45) is 4.67. The lowest BCUT2D eigenvalue weighted by Gasteiger charge is -2.06. The molecule has 0 unspecified atom stereocenters. The van der Waals surface area contributed by atoms with E-state index in [-0.39, 0.29) is 0 Å². The predicted octanol–water partition coefficient (Wildman–Crippen LogP) is 2.04. The van der Waals surface area contributed by atoms with E-state index in [9.17, 15) is 0 Å². The summed E-state index contributed by atoms with van der Waals surface area (Å²) in [5, 5.41) is 2.48. The van der Waals surface area contributed by atoms with Crippen LogP contribution in [0.1, 0.15) is 11.1 Å². The number of aromatic nitrogens is 1. The molecule has 0 aliphatic carbocycles. The average molecular weight is 186 g/mol. The van der Waals surface area contributed by atoms with Gasteiger partial charge in [-0.15, -0.1) is 0 Å². The summed E-state index contributed by atoms with van der Waals surface area (Å²) < 4.78 is 0. The van der Waals surface area contributed by atoms with Gasteiger partial charge in [-0.25, -0.2) is 0 Å². The van der Waals surface area contributed by atoms with Gasteiger partial charge >= 0.3 is 0 Å². The largest absolute Gasteiger partial charge is 0.330 e. The van der Waals surface area contributed by atoms with Crippen molar-refractivity contribution in [3.8, 4) is 0 Å². The van der Waals surface area contributed by atoms with E-state index in [0.29, 0.717) is 6.54 Å². The van der Waals surface area contributed by atoms with Gasteiger partial charge in [-0.3, -0.25) is 4.98 Å². The molecule has 2 rings (SSSR count). The van der Waals surface area contributed by atoms with Crippen LogP contribution in [-0.2, 0) is 6.42 Å². The third kappa shape index (κ3) is 1.61. The lowest BCUT2D eigenvalue weighted by atomic mass is 10.0. The lowest BCUT2D eigenvalue weighted by Crippen LogP contribution is -2.03. The van der Waals surface area contributed by atoms with Crippen LogP contribution < -0.4 is 5.73 Å². The Morgan fingerprint density at radius 1 is 1.36 bits per heavy atom. The zero-order valence-corrected chi connectivity index (χ0v) is 8.33. The molecular weight excluding hydrogens is 172 g/mol. The molecular formula is C12H14N2. The fourth-order valence-corrected chi connectivity index (χ4v) is 1.82. The van der Waals surface area contributed by atoms with Crippen LogP contribution in [0.3, 0.4) is 0 Å². The Bertz CT molecular complexity index is 449.